The molecule has 21 heavy (non-hydrogen) atoms. The van der Waals surface area contributed by atoms with E-state index in [-0.39, 0.29) is 0 Å². The predicted molar refractivity (Wildman–Crippen MR) is 102 cm³/mol. The van der Waals surface area contributed by atoms with E-state index in [1.165, 1.54) is 88.6 Å². The molecule has 0 unspecified atom stereocenters. The van der Waals surface area contributed by atoms with Gasteiger partial charge in [-0.2, -0.15) is 11.8 Å². The Kier molecular flexibility index (Phi) is 15.5. The van der Waals surface area contributed by atoms with E-state index < -0.39 is 0 Å². The molecule has 0 N–H and O–H groups in total. The van der Waals surface area contributed by atoms with Crippen LogP contribution in [0.4, 0.5) is 0 Å². The van der Waals surface area contributed by atoms with Gasteiger partial charge < -0.3 is 0 Å². The van der Waals surface area contributed by atoms with Crippen molar-refractivity contribution in [2.75, 3.05) is 11.5 Å². The molecule has 0 saturated carbocycles. The molecular formula is C20H41S. The van der Waals surface area contributed by atoms with Crippen LogP contribution >= 0.6 is 11.8 Å². The minimum atomic E-state index is 0.498. The van der Waals surface area contributed by atoms with Gasteiger partial charge in [0.25, 0.3) is 0 Å². The van der Waals surface area contributed by atoms with Crippen LogP contribution in [0.3, 0.4) is 0 Å². The van der Waals surface area contributed by atoms with Gasteiger partial charge in [-0.3, -0.25) is 0 Å². The number of unbranched alkanes of at least 4 members (excludes halogenated alkanes) is 12. The maximum Gasteiger partial charge on any atom is -0.00187 e. The monoisotopic (exact) mass is 313 g/mol. The Hall–Kier alpha value is 0.350. The molecule has 1 heteroatoms. The standard InChI is InChI=1S/C20H41S/c1-5-6-7-8-9-10-11-12-13-14-15-16-17-18-21-19-20(2,3)4/h1,5-19H2,2-4H3. The number of hydrogen-bond donors (Lipinski definition) is 0. The van der Waals surface area contributed by atoms with Crippen LogP contribution in [-0.2, 0) is 0 Å². The van der Waals surface area contributed by atoms with Crippen LogP contribution in [0.5, 0.6) is 0 Å². The van der Waals surface area contributed by atoms with Crippen molar-refractivity contribution in [1.29, 1.82) is 0 Å². The molecule has 0 aromatic rings. The molecule has 0 heterocycles. The molecule has 0 saturated heterocycles. The van der Waals surface area contributed by atoms with Crippen molar-refractivity contribution in [3.8, 4) is 0 Å². The van der Waals surface area contributed by atoms with Crippen molar-refractivity contribution in [3.63, 3.8) is 0 Å². The van der Waals surface area contributed by atoms with Crippen LogP contribution in [0.2, 0.25) is 0 Å². The highest BCUT2D eigenvalue weighted by molar-refractivity contribution is 7.99. The molecular weight excluding hydrogens is 272 g/mol. The highest BCUT2D eigenvalue weighted by Gasteiger charge is 2.08. The quantitative estimate of drug-likeness (QED) is 0.279. The minimum Gasteiger partial charge on any atom is -0.161 e. The first-order valence-electron chi connectivity index (χ1n) is 9.43. The molecule has 127 valence electrons. The Morgan fingerprint density at radius 1 is 0.619 bits per heavy atom. The summed E-state index contributed by atoms with van der Waals surface area (Å²) in [5, 5.41) is 0. The van der Waals surface area contributed by atoms with Gasteiger partial charge in [-0.15, -0.1) is 0 Å². The zero-order valence-corrected chi connectivity index (χ0v) is 16.0. The van der Waals surface area contributed by atoms with Crippen LogP contribution in [0, 0.1) is 12.3 Å². The van der Waals surface area contributed by atoms with E-state index in [0.717, 1.165) is 6.42 Å². The Morgan fingerprint density at radius 2 is 1.00 bits per heavy atom. The van der Waals surface area contributed by atoms with Gasteiger partial charge in [-0.05, 0) is 23.3 Å². The first kappa shape index (κ1) is 21.4. The van der Waals surface area contributed by atoms with Gasteiger partial charge in [-0.25, -0.2) is 0 Å². The summed E-state index contributed by atoms with van der Waals surface area (Å²) in [5.41, 5.74) is 0.498. The third-order valence-corrected chi connectivity index (χ3v) is 5.47. The van der Waals surface area contributed by atoms with Crippen molar-refractivity contribution in [2.24, 2.45) is 5.41 Å². The Morgan fingerprint density at radius 3 is 1.38 bits per heavy atom. The van der Waals surface area contributed by atoms with Crippen LogP contribution < -0.4 is 0 Å². The first-order chi connectivity index (χ1) is 10.1. The minimum absolute atomic E-state index is 0.498. The molecule has 0 fully saturated rings. The van der Waals surface area contributed by atoms with Crippen LogP contribution in [0.25, 0.3) is 0 Å². The molecule has 0 aromatic heterocycles. The summed E-state index contributed by atoms with van der Waals surface area (Å²) in [5.74, 6) is 2.67. The van der Waals surface area contributed by atoms with Gasteiger partial charge in [0.2, 0.25) is 0 Å². The molecule has 0 spiro atoms. The average Bonchev–Trinajstić information content (AvgIpc) is 2.42. The lowest BCUT2D eigenvalue weighted by molar-refractivity contribution is 0.480. The SMILES string of the molecule is [CH2]CCCCCCCCCCCCCCSCC(C)(C)C. The summed E-state index contributed by atoms with van der Waals surface area (Å²) < 4.78 is 0. The van der Waals surface area contributed by atoms with Crippen molar-refractivity contribution in [2.45, 2.75) is 104 Å². The molecule has 1 radical (unpaired) electrons. The maximum absolute atomic E-state index is 3.89. The lowest BCUT2D eigenvalue weighted by Gasteiger charge is -2.16. The molecule has 0 nitrogen and oxygen atoms in total. The fraction of sp³-hybridized carbons (Fsp3) is 0.950. The van der Waals surface area contributed by atoms with Crippen LogP contribution in [-0.4, -0.2) is 11.5 Å². The molecule has 0 aliphatic heterocycles. The Bertz CT molecular complexity index is 193. The topological polar surface area (TPSA) is 0 Å². The number of thioether (sulfide) groups is 1. The lowest BCUT2D eigenvalue weighted by Crippen LogP contribution is -2.08. The smallest absolute Gasteiger partial charge is 0.00187 e. The molecule has 0 atom stereocenters. The molecule has 0 amide bonds. The van der Waals surface area contributed by atoms with Crippen LogP contribution in [0.15, 0.2) is 0 Å². The summed E-state index contributed by atoms with van der Waals surface area (Å²) >= 11 is 2.14. The normalized spacial score (nSPS) is 12.0. The van der Waals surface area contributed by atoms with Crippen molar-refractivity contribution in [3.05, 3.63) is 6.92 Å². The summed E-state index contributed by atoms with van der Waals surface area (Å²) in [6, 6.07) is 0. The fourth-order valence-electron chi connectivity index (χ4n) is 2.53. The Balaban J connectivity index is 3.00. The second kappa shape index (κ2) is 15.3. The first-order valence-corrected chi connectivity index (χ1v) is 10.6. The largest absolute Gasteiger partial charge is 0.161 e. The van der Waals surface area contributed by atoms with E-state index in [4.69, 9.17) is 0 Å². The zero-order valence-electron chi connectivity index (χ0n) is 15.2. The lowest BCUT2D eigenvalue weighted by atomic mass is 10.0. The second-order valence-corrected chi connectivity index (χ2v) is 8.81. The van der Waals surface area contributed by atoms with Gasteiger partial charge in [-0.1, -0.05) is 105 Å². The van der Waals surface area contributed by atoms with Gasteiger partial charge >= 0.3 is 0 Å². The molecule has 0 aromatic carbocycles. The highest BCUT2D eigenvalue weighted by atomic mass is 32.2. The Labute approximate surface area is 140 Å². The van der Waals surface area contributed by atoms with Gasteiger partial charge in [0.1, 0.15) is 0 Å². The highest BCUT2D eigenvalue weighted by Crippen LogP contribution is 2.21. The average molecular weight is 314 g/mol. The van der Waals surface area contributed by atoms with E-state index >= 15 is 0 Å². The van der Waals surface area contributed by atoms with E-state index in [1.807, 2.05) is 0 Å². The second-order valence-electron chi connectivity index (χ2n) is 7.71. The predicted octanol–water partition coefficient (Wildman–Crippen LogP) is 7.67. The van der Waals surface area contributed by atoms with Crippen LogP contribution in [0.1, 0.15) is 104 Å². The fourth-order valence-corrected chi connectivity index (χ4v) is 3.69. The number of hydrogen-bond acceptors (Lipinski definition) is 1. The zero-order chi connectivity index (χ0) is 15.8. The van der Waals surface area contributed by atoms with Crippen molar-refractivity contribution in [1.82, 2.24) is 0 Å². The summed E-state index contributed by atoms with van der Waals surface area (Å²) in [6.45, 7) is 10.9. The van der Waals surface area contributed by atoms with Gasteiger partial charge in [0.05, 0.1) is 0 Å². The van der Waals surface area contributed by atoms with Crippen molar-refractivity contribution < 1.29 is 0 Å². The number of rotatable bonds is 15. The molecule has 0 bridgehead atoms. The molecule has 0 aliphatic rings. The summed E-state index contributed by atoms with van der Waals surface area (Å²) in [7, 11) is 0. The van der Waals surface area contributed by atoms with E-state index in [1.54, 1.807) is 0 Å². The van der Waals surface area contributed by atoms with Gasteiger partial charge in [0, 0.05) is 0 Å². The maximum atomic E-state index is 3.89. The third kappa shape index (κ3) is 20.4. The summed E-state index contributed by atoms with van der Waals surface area (Å²) in [6.07, 6.45) is 18.4. The van der Waals surface area contributed by atoms with Crippen molar-refractivity contribution >= 4 is 11.8 Å². The third-order valence-electron chi connectivity index (χ3n) is 3.82. The van der Waals surface area contributed by atoms with Gasteiger partial charge in [0.15, 0.2) is 0 Å². The van der Waals surface area contributed by atoms with E-state index in [2.05, 4.69) is 39.5 Å². The van der Waals surface area contributed by atoms with E-state index in [9.17, 15) is 0 Å². The molecule has 0 rings (SSSR count). The molecule has 0 aliphatic carbocycles. The van der Waals surface area contributed by atoms with E-state index in [0.29, 0.717) is 5.41 Å². The summed E-state index contributed by atoms with van der Waals surface area (Å²) in [4.78, 5) is 0.